The molecule has 1 atom stereocenters. The summed E-state index contributed by atoms with van der Waals surface area (Å²) in [5.74, 6) is 6.64. The number of halogens is 2. The van der Waals surface area contributed by atoms with Crippen LogP contribution < -0.4 is 16.0 Å². The number of nitrogens with one attached hydrogen (secondary N) is 1. The Hall–Kier alpha value is -0.820. The van der Waals surface area contributed by atoms with Gasteiger partial charge in [0.25, 0.3) is 0 Å². The second-order valence-electron chi connectivity index (χ2n) is 4.90. The van der Waals surface area contributed by atoms with E-state index in [9.17, 15) is 0 Å². The summed E-state index contributed by atoms with van der Waals surface area (Å²) >= 11 is 8.41. The number of aryl methyl sites for hydroxylation is 1. The Morgan fingerprint density at radius 2 is 2.05 bits per heavy atom. The van der Waals surface area contributed by atoms with E-state index in [1.807, 2.05) is 30.3 Å². The number of rotatable bonds is 5. The molecule has 0 radical (unpaired) electrons. The van der Waals surface area contributed by atoms with Crippen LogP contribution in [0.25, 0.3) is 0 Å². The fraction of sp³-hybridized carbons (Fsp3) is 0.250. The van der Waals surface area contributed by atoms with Gasteiger partial charge in [0.2, 0.25) is 0 Å². The zero-order valence-electron chi connectivity index (χ0n) is 12.0. The van der Waals surface area contributed by atoms with Gasteiger partial charge >= 0.3 is 0 Å². The highest BCUT2D eigenvalue weighted by molar-refractivity contribution is 14.1. The van der Waals surface area contributed by atoms with Crippen LogP contribution in [-0.4, -0.2) is 7.11 Å². The van der Waals surface area contributed by atoms with E-state index in [2.05, 4.69) is 41.0 Å². The SMILES string of the molecule is COc1ccc(C)cc1CC(NN)c1cc(Cl)ccc1I. The van der Waals surface area contributed by atoms with Crippen molar-refractivity contribution < 1.29 is 4.74 Å². The molecule has 3 N–H and O–H groups in total. The summed E-state index contributed by atoms with van der Waals surface area (Å²) in [5, 5.41) is 0.710. The first kappa shape index (κ1) is 16.5. The van der Waals surface area contributed by atoms with E-state index in [-0.39, 0.29) is 6.04 Å². The van der Waals surface area contributed by atoms with Gasteiger partial charge in [-0.15, -0.1) is 0 Å². The number of benzene rings is 2. The molecule has 0 amide bonds. The summed E-state index contributed by atoms with van der Waals surface area (Å²) in [7, 11) is 1.68. The molecule has 0 aliphatic rings. The van der Waals surface area contributed by atoms with Gasteiger partial charge in [0.1, 0.15) is 5.75 Å². The van der Waals surface area contributed by atoms with Gasteiger partial charge in [-0.1, -0.05) is 29.3 Å². The Bertz CT molecular complexity index is 634. The van der Waals surface area contributed by atoms with Gasteiger partial charge < -0.3 is 4.74 Å². The first-order valence-corrected chi connectivity index (χ1v) is 8.05. The van der Waals surface area contributed by atoms with Crippen molar-refractivity contribution in [2.45, 2.75) is 19.4 Å². The molecule has 112 valence electrons. The van der Waals surface area contributed by atoms with Crippen LogP contribution in [0, 0.1) is 10.5 Å². The molecule has 3 nitrogen and oxygen atoms in total. The van der Waals surface area contributed by atoms with Crippen LogP contribution >= 0.6 is 34.2 Å². The van der Waals surface area contributed by atoms with E-state index in [0.717, 1.165) is 26.9 Å². The van der Waals surface area contributed by atoms with Gasteiger partial charge in [0, 0.05) is 8.59 Å². The summed E-state index contributed by atoms with van der Waals surface area (Å²) in [6.45, 7) is 2.07. The molecular weight excluding hydrogens is 399 g/mol. The molecule has 2 aromatic rings. The lowest BCUT2D eigenvalue weighted by molar-refractivity contribution is 0.405. The second kappa shape index (κ2) is 7.45. The highest BCUT2D eigenvalue weighted by atomic mass is 127. The van der Waals surface area contributed by atoms with Crippen molar-refractivity contribution in [1.82, 2.24) is 5.43 Å². The lowest BCUT2D eigenvalue weighted by Crippen LogP contribution is -2.30. The number of hydrazine groups is 1. The summed E-state index contributed by atoms with van der Waals surface area (Å²) in [5.41, 5.74) is 6.30. The average Bonchev–Trinajstić information content (AvgIpc) is 2.47. The van der Waals surface area contributed by atoms with Crippen LogP contribution in [0.2, 0.25) is 5.02 Å². The van der Waals surface area contributed by atoms with Gasteiger partial charge in [0.05, 0.1) is 13.2 Å². The van der Waals surface area contributed by atoms with E-state index in [1.54, 1.807) is 7.11 Å². The molecule has 0 bridgehead atoms. The first-order chi connectivity index (χ1) is 10.0. The first-order valence-electron chi connectivity index (χ1n) is 6.59. The Labute approximate surface area is 143 Å². The molecule has 0 saturated carbocycles. The molecule has 0 fully saturated rings. The molecule has 0 saturated heterocycles. The molecule has 2 aromatic carbocycles. The van der Waals surface area contributed by atoms with E-state index in [4.69, 9.17) is 22.2 Å². The smallest absolute Gasteiger partial charge is 0.122 e. The van der Waals surface area contributed by atoms with Crippen molar-refractivity contribution in [2.75, 3.05) is 7.11 Å². The predicted octanol–water partition coefficient (Wildman–Crippen LogP) is 4.01. The molecule has 1 unspecified atom stereocenters. The van der Waals surface area contributed by atoms with E-state index >= 15 is 0 Å². The van der Waals surface area contributed by atoms with E-state index in [1.165, 1.54) is 5.56 Å². The van der Waals surface area contributed by atoms with E-state index < -0.39 is 0 Å². The maximum absolute atomic E-state index is 6.11. The van der Waals surface area contributed by atoms with Crippen molar-refractivity contribution in [3.05, 3.63) is 61.7 Å². The lowest BCUT2D eigenvalue weighted by Gasteiger charge is -2.20. The van der Waals surface area contributed by atoms with Gasteiger partial charge in [-0.25, -0.2) is 0 Å². The fourth-order valence-electron chi connectivity index (χ4n) is 2.33. The normalized spacial score (nSPS) is 12.2. The van der Waals surface area contributed by atoms with Crippen molar-refractivity contribution >= 4 is 34.2 Å². The lowest BCUT2D eigenvalue weighted by atomic mass is 9.97. The Balaban J connectivity index is 2.35. The molecule has 2 rings (SSSR count). The Kier molecular flexibility index (Phi) is 5.87. The summed E-state index contributed by atoms with van der Waals surface area (Å²) in [4.78, 5) is 0. The Morgan fingerprint density at radius 3 is 2.71 bits per heavy atom. The minimum absolute atomic E-state index is 0.0219. The standard InChI is InChI=1S/C16H18ClIN2O/c1-10-3-6-16(21-2)11(7-10)8-15(20-19)13-9-12(17)4-5-14(13)18/h3-7,9,15,20H,8,19H2,1-2H3. The monoisotopic (exact) mass is 416 g/mol. The second-order valence-corrected chi connectivity index (χ2v) is 6.50. The molecule has 0 spiro atoms. The minimum Gasteiger partial charge on any atom is -0.496 e. The third-order valence-corrected chi connectivity index (χ3v) is 4.61. The summed E-state index contributed by atoms with van der Waals surface area (Å²) < 4.78 is 6.57. The fourth-order valence-corrected chi connectivity index (χ4v) is 3.22. The van der Waals surface area contributed by atoms with E-state index in [0.29, 0.717) is 5.02 Å². The number of methoxy groups -OCH3 is 1. The highest BCUT2D eigenvalue weighted by Gasteiger charge is 2.16. The van der Waals surface area contributed by atoms with Gasteiger partial charge in [0.15, 0.2) is 0 Å². The number of hydrogen-bond donors (Lipinski definition) is 2. The van der Waals surface area contributed by atoms with Crippen LogP contribution in [0.15, 0.2) is 36.4 Å². The Morgan fingerprint density at radius 1 is 1.29 bits per heavy atom. The van der Waals surface area contributed by atoms with Crippen LogP contribution in [0.1, 0.15) is 22.7 Å². The third-order valence-electron chi connectivity index (χ3n) is 3.39. The summed E-state index contributed by atoms with van der Waals surface area (Å²) in [6.07, 6.45) is 0.734. The van der Waals surface area contributed by atoms with Crippen molar-refractivity contribution in [2.24, 2.45) is 5.84 Å². The largest absolute Gasteiger partial charge is 0.496 e. The van der Waals surface area contributed by atoms with Crippen molar-refractivity contribution in [3.63, 3.8) is 0 Å². The highest BCUT2D eigenvalue weighted by Crippen LogP contribution is 2.29. The maximum Gasteiger partial charge on any atom is 0.122 e. The van der Waals surface area contributed by atoms with Gasteiger partial charge in [-0.3, -0.25) is 11.3 Å². The number of ether oxygens (including phenoxy) is 1. The van der Waals surface area contributed by atoms with Crippen LogP contribution in [0.3, 0.4) is 0 Å². The topological polar surface area (TPSA) is 47.3 Å². The van der Waals surface area contributed by atoms with Gasteiger partial charge in [-0.2, -0.15) is 0 Å². The van der Waals surface area contributed by atoms with Crippen molar-refractivity contribution in [1.29, 1.82) is 0 Å². The van der Waals surface area contributed by atoms with Crippen LogP contribution in [-0.2, 0) is 6.42 Å². The minimum atomic E-state index is -0.0219. The predicted molar refractivity (Wildman–Crippen MR) is 95.7 cm³/mol. The quantitative estimate of drug-likeness (QED) is 0.440. The summed E-state index contributed by atoms with van der Waals surface area (Å²) in [6, 6.07) is 12.0. The molecule has 0 aromatic heterocycles. The molecule has 0 aliphatic carbocycles. The number of nitrogens with two attached hydrogens (primary N) is 1. The zero-order valence-corrected chi connectivity index (χ0v) is 14.9. The molecule has 0 heterocycles. The maximum atomic E-state index is 6.11. The average molecular weight is 417 g/mol. The molecule has 5 heteroatoms. The van der Waals surface area contributed by atoms with Crippen molar-refractivity contribution in [3.8, 4) is 5.75 Å². The van der Waals surface area contributed by atoms with Crippen LogP contribution in [0.4, 0.5) is 0 Å². The molecule has 0 aliphatic heterocycles. The third kappa shape index (κ3) is 4.10. The number of hydrogen-bond acceptors (Lipinski definition) is 3. The zero-order chi connectivity index (χ0) is 15.4. The molecular formula is C16H18ClIN2O. The van der Waals surface area contributed by atoms with Gasteiger partial charge in [-0.05, 0) is 71.3 Å². The van der Waals surface area contributed by atoms with Crippen LogP contribution in [0.5, 0.6) is 5.75 Å². The molecule has 21 heavy (non-hydrogen) atoms.